The number of likely N-dealkylation sites (tertiary alicyclic amines) is 1. The van der Waals surface area contributed by atoms with E-state index < -0.39 is 10.0 Å². The number of sulfonamides is 1. The summed E-state index contributed by atoms with van der Waals surface area (Å²) in [5.41, 5.74) is 0. The van der Waals surface area contributed by atoms with Crippen molar-refractivity contribution in [1.82, 2.24) is 14.9 Å². The molecule has 21 heavy (non-hydrogen) atoms. The molecule has 1 saturated heterocycles. The highest BCUT2D eigenvalue weighted by Crippen LogP contribution is 2.22. The predicted molar refractivity (Wildman–Crippen MR) is 87.1 cm³/mol. The van der Waals surface area contributed by atoms with Gasteiger partial charge in [0.1, 0.15) is 4.21 Å². The van der Waals surface area contributed by atoms with Crippen LogP contribution in [0.5, 0.6) is 0 Å². The third kappa shape index (κ3) is 5.03. The zero-order chi connectivity index (χ0) is 15.5. The minimum absolute atomic E-state index is 0.0607. The molecule has 0 spiro atoms. The van der Waals surface area contributed by atoms with Crippen LogP contribution in [0.2, 0.25) is 0 Å². The number of piperidine rings is 1. The number of hydrogen-bond donors (Lipinski definition) is 2. The summed E-state index contributed by atoms with van der Waals surface area (Å²) in [4.78, 5) is 3.28. The number of nitrogens with zero attached hydrogens (tertiary/aromatic N) is 1. The molecule has 0 atom stereocenters. The van der Waals surface area contributed by atoms with Crippen molar-refractivity contribution in [2.24, 2.45) is 0 Å². The Labute approximate surface area is 131 Å². The average molecular weight is 332 g/mol. The quantitative estimate of drug-likeness (QED) is 0.831. The van der Waals surface area contributed by atoms with Crippen LogP contribution in [0.15, 0.2) is 16.3 Å². The van der Waals surface area contributed by atoms with Gasteiger partial charge in [-0.25, -0.2) is 13.1 Å². The highest BCUT2D eigenvalue weighted by molar-refractivity contribution is 7.91. The molecule has 2 rings (SSSR count). The minimum atomic E-state index is -3.37. The van der Waals surface area contributed by atoms with Gasteiger partial charge in [0, 0.05) is 23.5 Å². The van der Waals surface area contributed by atoms with Crippen molar-refractivity contribution in [2.45, 2.75) is 49.5 Å². The van der Waals surface area contributed by atoms with Crippen molar-refractivity contribution in [1.29, 1.82) is 0 Å². The Morgan fingerprint density at radius 3 is 2.62 bits per heavy atom. The number of rotatable bonds is 6. The summed E-state index contributed by atoms with van der Waals surface area (Å²) >= 11 is 1.35. The van der Waals surface area contributed by atoms with E-state index in [0.717, 1.165) is 30.8 Å². The maximum Gasteiger partial charge on any atom is 0.250 e. The summed E-state index contributed by atoms with van der Waals surface area (Å²) < 4.78 is 28.1. The largest absolute Gasteiger partial charge is 0.310 e. The summed E-state index contributed by atoms with van der Waals surface area (Å²) in [6.07, 6.45) is 1.76. The van der Waals surface area contributed by atoms with Gasteiger partial charge in [0.15, 0.2) is 0 Å². The standard InChI is InChI=1S/C14H25N3O2S2/c1-11(2)15-10-13-4-5-14(20-13)21(18,19)16-12-6-8-17(3)9-7-12/h4-5,11-12,15-16H,6-10H2,1-3H3. The molecule has 5 nitrogen and oxygen atoms in total. The third-order valence-electron chi connectivity index (χ3n) is 3.63. The molecular formula is C14H25N3O2S2. The van der Waals surface area contributed by atoms with Crippen LogP contribution in [-0.2, 0) is 16.6 Å². The molecule has 120 valence electrons. The van der Waals surface area contributed by atoms with Gasteiger partial charge in [0.05, 0.1) is 0 Å². The van der Waals surface area contributed by atoms with E-state index >= 15 is 0 Å². The maximum absolute atomic E-state index is 12.4. The first-order valence-corrected chi connectivity index (χ1v) is 9.70. The topological polar surface area (TPSA) is 61.4 Å². The van der Waals surface area contributed by atoms with Gasteiger partial charge < -0.3 is 10.2 Å². The van der Waals surface area contributed by atoms with E-state index in [1.807, 2.05) is 6.07 Å². The molecule has 0 radical (unpaired) electrons. The second-order valence-electron chi connectivity index (χ2n) is 5.96. The molecule has 1 aromatic heterocycles. The zero-order valence-corrected chi connectivity index (χ0v) is 14.6. The molecule has 7 heteroatoms. The van der Waals surface area contributed by atoms with Crippen LogP contribution in [0.4, 0.5) is 0 Å². The molecule has 0 aromatic carbocycles. The number of thiophene rings is 1. The number of nitrogens with one attached hydrogen (secondary N) is 2. The maximum atomic E-state index is 12.4. The first-order chi connectivity index (χ1) is 9.87. The van der Waals surface area contributed by atoms with Gasteiger partial charge in [0.25, 0.3) is 0 Å². The molecule has 2 heterocycles. The summed E-state index contributed by atoms with van der Waals surface area (Å²) in [5.74, 6) is 0. The summed E-state index contributed by atoms with van der Waals surface area (Å²) in [6, 6.07) is 4.05. The Balaban J connectivity index is 1.96. The Morgan fingerprint density at radius 2 is 2.00 bits per heavy atom. The molecule has 1 fully saturated rings. The molecule has 1 aliphatic rings. The zero-order valence-electron chi connectivity index (χ0n) is 12.9. The summed E-state index contributed by atoms with van der Waals surface area (Å²) in [7, 11) is -1.31. The molecular weight excluding hydrogens is 306 g/mol. The lowest BCUT2D eigenvalue weighted by Gasteiger charge is -2.29. The fourth-order valence-corrected chi connectivity index (χ4v) is 4.93. The highest BCUT2D eigenvalue weighted by atomic mass is 32.2. The lowest BCUT2D eigenvalue weighted by Crippen LogP contribution is -2.43. The normalized spacial score (nSPS) is 18.5. The summed E-state index contributed by atoms with van der Waals surface area (Å²) in [6.45, 7) is 6.76. The van der Waals surface area contributed by atoms with E-state index in [2.05, 4.69) is 35.8 Å². The van der Waals surface area contributed by atoms with E-state index in [-0.39, 0.29) is 6.04 Å². The second-order valence-corrected chi connectivity index (χ2v) is 9.06. The SMILES string of the molecule is CC(C)NCc1ccc(S(=O)(=O)NC2CCN(C)CC2)s1. The van der Waals surface area contributed by atoms with Crippen LogP contribution in [0, 0.1) is 0 Å². The van der Waals surface area contributed by atoms with Gasteiger partial charge in [-0.1, -0.05) is 13.8 Å². The van der Waals surface area contributed by atoms with E-state index in [0.29, 0.717) is 16.8 Å². The van der Waals surface area contributed by atoms with Crippen molar-refractivity contribution in [3.05, 3.63) is 17.0 Å². The monoisotopic (exact) mass is 331 g/mol. The third-order valence-corrected chi connectivity index (χ3v) is 6.72. The van der Waals surface area contributed by atoms with Crippen LogP contribution < -0.4 is 10.0 Å². The van der Waals surface area contributed by atoms with Crippen molar-refractivity contribution >= 4 is 21.4 Å². The molecule has 0 bridgehead atoms. The minimum Gasteiger partial charge on any atom is -0.310 e. The molecule has 0 saturated carbocycles. The second kappa shape index (κ2) is 7.19. The van der Waals surface area contributed by atoms with Crippen LogP contribution >= 0.6 is 11.3 Å². The fourth-order valence-electron chi connectivity index (χ4n) is 2.31. The van der Waals surface area contributed by atoms with Crippen molar-refractivity contribution in [3.63, 3.8) is 0 Å². The van der Waals surface area contributed by atoms with Crippen LogP contribution in [0.1, 0.15) is 31.6 Å². The van der Waals surface area contributed by atoms with Gasteiger partial charge in [-0.2, -0.15) is 0 Å². The molecule has 0 aliphatic carbocycles. The molecule has 1 aromatic rings. The van der Waals surface area contributed by atoms with Gasteiger partial charge >= 0.3 is 0 Å². The van der Waals surface area contributed by atoms with Crippen LogP contribution in [-0.4, -0.2) is 45.5 Å². The van der Waals surface area contributed by atoms with E-state index in [9.17, 15) is 8.42 Å². The van der Waals surface area contributed by atoms with Crippen molar-refractivity contribution in [2.75, 3.05) is 20.1 Å². The Bertz CT molecular complexity index is 546. The van der Waals surface area contributed by atoms with E-state index in [4.69, 9.17) is 0 Å². The highest BCUT2D eigenvalue weighted by Gasteiger charge is 2.24. The van der Waals surface area contributed by atoms with Crippen LogP contribution in [0.3, 0.4) is 0 Å². The summed E-state index contributed by atoms with van der Waals surface area (Å²) in [5, 5.41) is 3.30. The predicted octanol–water partition coefficient (Wildman–Crippen LogP) is 1.62. The lowest BCUT2D eigenvalue weighted by atomic mass is 10.1. The lowest BCUT2D eigenvalue weighted by molar-refractivity contribution is 0.248. The van der Waals surface area contributed by atoms with Gasteiger partial charge in [-0.3, -0.25) is 0 Å². The van der Waals surface area contributed by atoms with Gasteiger partial charge in [-0.15, -0.1) is 11.3 Å². The van der Waals surface area contributed by atoms with E-state index in [1.165, 1.54) is 11.3 Å². The molecule has 2 N–H and O–H groups in total. The first kappa shape index (κ1) is 16.9. The van der Waals surface area contributed by atoms with Crippen LogP contribution in [0.25, 0.3) is 0 Å². The van der Waals surface area contributed by atoms with Crippen molar-refractivity contribution < 1.29 is 8.42 Å². The Kier molecular flexibility index (Phi) is 5.79. The van der Waals surface area contributed by atoms with Gasteiger partial charge in [0.2, 0.25) is 10.0 Å². The van der Waals surface area contributed by atoms with Gasteiger partial charge in [-0.05, 0) is 45.1 Å². The average Bonchev–Trinajstić information content (AvgIpc) is 2.88. The smallest absolute Gasteiger partial charge is 0.250 e. The fraction of sp³-hybridized carbons (Fsp3) is 0.714. The Hall–Kier alpha value is -0.470. The molecule has 0 unspecified atom stereocenters. The number of hydrogen-bond acceptors (Lipinski definition) is 5. The first-order valence-electron chi connectivity index (χ1n) is 7.40. The van der Waals surface area contributed by atoms with Crippen molar-refractivity contribution in [3.8, 4) is 0 Å². The molecule has 1 aliphatic heterocycles. The van der Waals surface area contributed by atoms with E-state index in [1.54, 1.807) is 6.07 Å². The molecule has 0 amide bonds. The Morgan fingerprint density at radius 1 is 1.33 bits per heavy atom.